The summed E-state index contributed by atoms with van der Waals surface area (Å²) in [6.45, 7) is 6.53. The Labute approximate surface area is 185 Å². The zero-order valence-electron chi connectivity index (χ0n) is 17.3. The zero-order chi connectivity index (χ0) is 21.5. The van der Waals surface area contributed by atoms with Gasteiger partial charge in [0.05, 0.1) is 25.7 Å². The van der Waals surface area contributed by atoms with Crippen LogP contribution in [0, 0.1) is 12.8 Å². The summed E-state index contributed by atoms with van der Waals surface area (Å²) >= 11 is 3.47. The van der Waals surface area contributed by atoms with Crippen LogP contribution in [0.25, 0.3) is 0 Å². The lowest BCUT2D eigenvalue weighted by atomic mass is 10.1. The molecule has 30 heavy (non-hydrogen) atoms. The Morgan fingerprint density at radius 1 is 1.20 bits per heavy atom. The van der Waals surface area contributed by atoms with Crippen LogP contribution in [0.2, 0.25) is 0 Å². The molecule has 1 heterocycles. The summed E-state index contributed by atoms with van der Waals surface area (Å²) in [5.41, 5.74) is 3.55. The van der Waals surface area contributed by atoms with Crippen LogP contribution in [0.5, 0.6) is 0 Å². The second-order valence-electron chi connectivity index (χ2n) is 7.28. The molecule has 1 N–H and O–H groups in total. The van der Waals surface area contributed by atoms with E-state index in [1.165, 1.54) is 0 Å². The monoisotopic (exact) mass is 474 g/mol. The molecule has 0 spiro atoms. The van der Waals surface area contributed by atoms with Gasteiger partial charge < -0.3 is 19.7 Å². The molecule has 1 fully saturated rings. The van der Waals surface area contributed by atoms with E-state index in [1.807, 2.05) is 56.3 Å². The minimum Gasteiger partial charge on any atom is -0.379 e. The van der Waals surface area contributed by atoms with Crippen molar-refractivity contribution in [1.82, 2.24) is 0 Å². The van der Waals surface area contributed by atoms with Gasteiger partial charge in [0.15, 0.2) is 0 Å². The van der Waals surface area contributed by atoms with Gasteiger partial charge >= 0.3 is 0 Å². The van der Waals surface area contributed by atoms with Crippen LogP contribution < -0.4 is 10.2 Å². The van der Waals surface area contributed by atoms with E-state index < -0.39 is 0 Å². The molecule has 0 aliphatic carbocycles. The average molecular weight is 475 g/mol. The maximum Gasteiger partial charge on any atom is 0.229 e. The van der Waals surface area contributed by atoms with Crippen LogP contribution in [-0.4, -0.2) is 38.2 Å². The maximum absolute atomic E-state index is 12.8. The lowest BCUT2D eigenvalue weighted by Crippen LogP contribution is -2.28. The molecule has 0 saturated carbocycles. The van der Waals surface area contributed by atoms with Crippen molar-refractivity contribution in [2.24, 2.45) is 5.92 Å². The van der Waals surface area contributed by atoms with Crippen molar-refractivity contribution in [2.45, 2.75) is 26.9 Å². The van der Waals surface area contributed by atoms with Crippen LogP contribution >= 0.6 is 15.9 Å². The molecule has 2 aromatic carbocycles. The fourth-order valence-corrected chi connectivity index (χ4v) is 3.61. The molecule has 1 aliphatic heterocycles. The lowest BCUT2D eigenvalue weighted by molar-refractivity contribution is -0.122. The van der Waals surface area contributed by atoms with Gasteiger partial charge in [0.25, 0.3) is 0 Å². The first-order chi connectivity index (χ1) is 14.5. The van der Waals surface area contributed by atoms with E-state index in [0.717, 1.165) is 21.3 Å². The van der Waals surface area contributed by atoms with Gasteiger partial charge in [-0.25, -0.2) is 0 Å². The smallest absolute Gasteiger partial charge is 0.229 e. The largest absolute Gasteiger partial charge is 0.379 e. The van der Waals surface area contributed by atoms with Crippen molar-refractivity contribution < 1.29 is 19.1 Å². The minimum atomic E-state index is -0.382. The Balaban J connectivity index is 1.56. The zero-order valence-corrected chi connectivity index (χ0v) is 18.9. The molecule has 0 aromatic heterocycles. The normalized spacial score (nSPS) is 16.2. The molecule has 0 radical (unpaired) electrons. The van der Waals surface area contributed by atoms with Crippen LogP contribution in [0.3, 0.4) is 0 Å². The third-order valence-corrected chi connectivity index (χ3v) is 5.88. The molecule has 2 amide bonds. The van der Waals surface area contributed by atoms with E-state index in [0.29, 0.717) is 38.7 Å². The van der Waals surface area contributed by atoms with Crippen molar-refractivity contribution in [3.63, 3.8) is 0 Å². The lowest BCUT2D eigenvalue weighted by Gasteiger charge is -2.18. The summed E-state index contributed by atoms with van der Waals surface area (Å²) in [4.78, 5) is 26.9. The van der Waals surface area contributed by atoms with Gasteiger partial charge in [0, 0.05) is 35.4 Å². The molecule has 0 bridgehead atoms. The predicted octanol–water partition coefficient (Wildman–Crippen LogP) is 4.30. The topological polar surface area (TPSA) is 67.9 Å². The Kier molecular flexibility index (Phi) is 8.01. The first-order valence-electron chi connectivity index (χ1n) is 10.1. The van der Waals surface area contributed by atoms with E-state index in [-0.39, 0.29) is 24.2 Å². The number of hydrogen-bond acceptors (Lipinski definition) is 4. The number of nitrogens with zero attached hydrogens (tertiary/aromatic N) is 1. The molecule has 1 saturated heterocycles. The van der Waals surface area contributed by atoms with Gasteiger partial charge in [-0.15, -0.1) is 0 Å². The van der Waals surface area contributed by atoms with E-state index in [2.05, 4.69) is 21.2 Å². The minimum absolute atomic E-state index is 0.0340. The molecule has 160 valence electrons. The number of carbonyl (C=O) groups excluding carboxylic acids is 2. The Morgan fingerprint density at radius 2 is 2.00 bits per heavy atom. The van der Waals surface area contributed by atoms with E-state index in [9.17, 15) is 9.59 Å². The molecule has 1 aliphatic rings. The first kappa shape index (κ1) is 22.5. The molecule has 6 nitrogen and oxygen atoms in total. The quantitative estimate of drug-likeness (QED) is 0.550. The third-order valence-electron chi connectivity index (χ3n) is 4.99. The fraction of sp³-hybridized carbons (Fsp3) is 0.391. The van der Waals surface area contributed by atoms with Crippen molar-refractivity contribution in [3.05, 3.63) is 58.1 Å². The highest BCUT2D eigenvalue weighted by molar-refractivity contribution is 9.10. The second kappa shape index (κ2) is 10.7. The van der Waals surface area contributed by atoms with Gasteiger partial charge in [0.1, 0.15) is 0 Å². The number of carbonyl (C=O) groups is 2. The Bertz CT molecular complexity index is 903. The van der Waals surface area contributed by atoms with Gasteiger partial charge in [0.2, 0.25) is 11.8 Å². The summed E-state index contributed by atoms with van der Waals surface area (Å²) < 4.78 is 11.8. The van der Waals surface area contributed by atoms with E-state index >= 15 is 0 Å². The van der Waals surface area contributed by atoms with Gasteiger partial charge in [-0.2, -0.15) is 0 Å². The SMILES string of the molecule is CCOCCOCc1cccc(NC(=O)C2CC(=O)N(c3ccc(Br)c(C)c3)C2)c1. The Hall–Kier alpha value is -2.22. The highest BCUT2D eigenvalue weighted by Gasteiger charge is 2.35. The highest BCUT2D eigenvalue weighted by atomic mass is 79.9. The van der Waals surface area contributed by atoms with Crippen LogP contribution in [-0.2, 0) is 25.7 Å². The summed E-state index contributed by atoms with van der Waals surface area (Å²) in [5, 5.41) is 2.94. The highest BCUT2D eigenvalue weighted by Crippen LogP contribution is 2.29. The summed E-state index contributed by atoms with van der Waals surface area (Å²) in [6.07, 6.45) is 0.209. The molecule has 1 atom stereocenters. The molecular formula is C23H27BrN2O4. The van der Waals surface area contributed by atoms with Crippen molar-refractivity contribution in [3.8, 4) is 0 Å². The number of halogens is 1. The summed E-state index contributed by atoms with van der Waals surface area (Å²) in [6, 6.07) is 13.3. The van der Waals surface area contributed by atoms with Crippen molar-refractivity contribution in [2.75, 3.05) is 36.6 Å². The number of amides is 2. The number of ether oxygens (including phenoxy) is 2. The maximum atomic E-state index is 12.8. The molecule has 1 unspecified atom stereocenters. The number of benzene rings is 2. The fourth-order valence-electron chi connectivity index (χ4n) is 3.36. The molecule has 3 rings (SSSR count). The second-order valence-corrected chi connectivity index (χ2v) is 8.13. The van der Waals surface area contributed by atoms with Crippen molar-refractivity contribution >= 4 is 39.1 Å². The van der Waals surface area contributed by atoms with Crippen LogP contribution in [0.15, 0.2) is 46.9 Å². The number of rotatable bonds is 9. The van der Waals surface area contributed by atoms with Crippen molar-refractivity contribution in [1.29, 1.82) is 0 Å². The number of aryl methyl sites for hydroxylation is 1. The van der Waals surface area contributed by atoms with Gasteiger partial charge in [-0.1, -0.05) is 28.1 Å². The predicted molar refractivity (Wildman–Crippen MR) is 121 cm³/mol. The number of anilines is 2. The standard InChI is InChI=1S/C23H27BrN2O4/c1-3-29-9-10-30-15-17-5-4-6-19(12-17)25-23(28)18-13-22(27)26(14-18)20-7-8-21(24)16(2)11-20/h4-8,11-12,18H,3,9-10,13-15H2,1-2H3,(H,25,28). The summed E-state index contributed by atoms with van der Waals surface area (Å²) in [7, 11) is 0. The number of hydrogen-bond donors (Lipinski definition) is 1. The average Bonchev–Trinajstić information content (AvgIpc) is 3.12. The molecule has 2 aromatic rings. The van der Waals surface area contributed by atoms with Crippen LogP contribution in [0.1, 0.15) is 24.5 Å². The van der Waals surface area contributed by atoms with Gasteiger partial charge in [-0.05, 0) is 55.3 Å². The van der Waals surface area contributed by atoms with Crippen LogP contribution in [0.4, 0.5) is 11.4 Å². The van der Waals surface area contributed by atoms with E-state index in [4.69, 9.17) is 9.47 Å². The summed E-state index contributed by atoms with van der Waals surface area (Å²) in [5.74, 6) is -0.560. The first-order valence-corrected chi connectivity index (χ1v) is 10.9. The molecular weight excluding hydrogens is 448 g/mol. The Morgan fingerprint density at radius 3 is 2.77 bits per heavy atom. The number of nitrogens with one attached hydrogen (secondary N) is 1. The van der Waals surface area contributed by atoms with E-state index in [1.54, 1.807) is 4.90 Å². The van der Waals surface area contributed by atoms with Gasteiger partial charge in [-0.3, -0.25) is 9.59 Å². The molecule has 7 heteroatoms. The third kappa shape index (κ3) is 5.90.